The van der Waals surface area contributed by atoms with Crippen LogP contribution in [0.25, 0.3) is 0 Å². The number of hydrogen-bond donors (Lipinski definition) is 2. The Hall–Kier alpha value is -1.42. The largest absolute Gasteiger partial charge is 0.478 e. The van der Waals surface area contributed by atoms with Crippen LogP contribution in [0.1, 0.15) is 22.8 Å². The molecule has 0 saturated heterocycles. The number of aromatic carboxylic acids is 1. The van der Waals surface area contributed by atoms with Gasteiger partial charge >= 0.3 is 5.97 Å². The van der Waals surface area contributed by atoms with Crippen LogP contribution in [-0.2, 0) is 6.42 Å². The standard InChI is InChI=1S/C10H12FNO2/c1-6(12)4-7-2-3-8(11)5-9(7)10(13)14/h2-3,5-6H,4,12H2,1H3,(H,13,14). The van der Waals surface area contributed by atoms with Gasteiger partial charge in [0.15, 0.2) is 0 Å². The molecule has 0 heterocycles. The Kier molecular flexibility index (Phi) is 3.19. The zero-order chi connectivity index (χ0) is 10.7. The molecule has 3 N–H and O–H groups in total. The van der Waals surface area contributed by atoms with E-state index >= 15 is 0 Å². The van der Waals surface area contributed by atoms with E-state index in [2.05, 4.69) is 0 Å². The Morgan fingerprint density at radius 3 is 2.79 bits per heavy atom. The fourth-order valence-corrected chi connectivity index (χ4v) is 1.27. The third-order valence-corrected chi connectivity index (χ3v) is 1.84. The summed E-state index contributed by atoms with van der Waals surface area (Å²) in [6, 6.07) is 3.57. The maximum atomic E-state index is 12.8. The summed E-state index contributed by atoms with van der Waals surface area (Å²) in [5, 5.41) is 8.80. The third kappa shape index (κ3) is 2.53. The number of halogens is 1. The normalized spacial score (nSPS) is 12.5. The molecule has 0 radical (unpaired) electrons. The molecule has 1 atom stereocenters. The van der Waals surface area contributed by atoms with Gasteiger partial charge in [-0.05, 0) is 31.0 Å². The Bertz CT molecular complexity index is 350. The van der Waals surface area contributed by atoms with Crippen molar-refractivity contribution in [3.05, 3.63) is 35.1 Å². The van der Waals surface area contributed by atoms with E-state index in [0.29, 0.717) is 12.0 Å². The SMILES string of the molecule is CC(N)Cc1ccc(F)cc1C(=O)O. The summed E-state index contributed by atoms with van der Waals surface area (Å²) in [6.07, 6.45) is 0.432. The quantitative estimate of drug-likeness (QED) is 0.770. The lowest BCUT2D eigenvalue weighted by Gasteiger charge is -2.08. The monoisotopic (exact) mass is 197 g/mol. The molecule has 0 aliphatic rings. The number of rotatable bonds is 3. The Balaban J connectivity index is 3.08. The third-order valence-electron chi connectivity index (χ3n) is 1.84. The average Bonchev–Trinajstić information content (AvgIpc) is 2.07. The highest BCUT2D eigenvalue weighted by Crippen LogP contribution is 2.13. The Morgan fingerprint density at radius 2 is 2.29 bits per heavy atom. The summed E-state index contributed by atoms with van der Waals surface area (Å²) >= 11 is 0. The smallest absolute Gasteiger partial charge is 0.336 e. The predicted molar refractivity (Wildman–Crippen MR) is 50.7 cm³/mol. The average molecular weight is 197 g/mol. The minimum absolute atomic E-state index is 0.0118. The van der Waals surface area contributed by atoms with Gasteiger partial charge in [0, 0.05) is 6.04 Å². The molecule has 0 bridgehead atoms. The zero-order valence-corrected chi connectivity index (χ0v) is 7.83. The highest BCUT2D eigenvalue weighted by Gasteiger charge is 2.11. The van der Waals surface area contributed by atoms with E-state index in [1.807, 2.05) is 0 Å². The Labute approximate surface area is 81.4 Å². The zero-order valence-electron chi connectivity index (χ0n) is 7.83. The summed E-state index contributed by atoms with van der Waals surface area (Å²) < 4.78 is 12.8. The molecular weight excluding hydrogens is 185 g/mol. The van der Waals surface area contributed by atoms with Crippen LogP contribution in [0.15, 0.2) is 18.2 Å². The lowest BCUT2D eigenvalue weighted by Crippen LogP contribution is -2.19. The van der Waals surface area contributed by atoms with Crippen LogP contribution < -0.4 is 5.73 Å². The number of benzene rings is 1. The van der Waals surface area contributed by atoms with Gasteiger partial charge in [0.1, 0.15) is 5.82 Å². The first-order valence-electron chi connectivity index (χ1n) is 4.28. The molecule has 0 aliphatic carbocycles. The molecule has 0 fully saturated rings. The molecular formula is C10H12FNO2. The molecule has 0 saturated carbocycles. The van der Waals surface area contributed by atoms with Crippen LogP contribution in [0.2, 0.25) is 0 Å². The first-order valence-corrected chi connectivity index (χ1v) is 4.28. The summed E-state index contributed by atoms with van der Waals surface area (Å²) in [6.45, 7) is 1.77. The lowest BCUT2D eigenvalue weighted by molar-refractivity contribution is 0.0695. The second-order valence-electron chi connectivity index (χ2n) is 3.29. The van der Waals surface area contributed by atoms with E-state index in [4.69, 9.17) is 10.8 Å². The summed E-state index contributed by atoms with van der Waals surface area (Å²) in [7, 11) is 0. The van der Waals surface area contributed by atoms with Gasteiger partial charge in [0.25, 0.3) is 0 Å². The van der Waals surface area contributed by atoms with Crippen molar-refractivity contribution in [2.45, 2.75) is 19.4 Å². The molecule has 0 spiro atoms. The maximum Gasteiger partial charge on any atom is 0.336 e. The molecule has 0 amide bonds. The van der Waals surface area contributed by atoms with Gasteiger partial charge in [-0.1, -0.05) is 6.07 Å². The van der Waals surface area contributed by atoms with Gasteiger partial charge in [-0.3, -0.25) is 0 Å². The summed E-state index contributed by atoms with van der Waals surface area (Å²) in [5.41, 5.74) is 6.10. The van der Waals surface area contributed by atoms with Crippen molar-refractivity contribution in [3.63, 3.8) is 0 Å². The fraction of sp³-hybridized carbons (Fsp3) is 0.300. The van der Waals surface area contributed by atoms with Crippen molar-refractivity contribution in [3.8, 4) is 0 Å². The fourth-order valence-electron chi connectivity index (χ4n) is 1.27. The van der Waals surface area contributed by atoms with E-state index in [1.165, 1.54) is 12.1 Å². The van der Waals surface area contributed by atoms with Crippen LogP contribution >= 0.6 is 0 Å². The number of carbonyl (C=O) groups is 1. The van der Waals surface area contributed by atoms with Gasteiger partial charge in [0.2, 0.25) is 0 Å². The van der Waals surface area contributed by atoms with Crippen molar-refractivity contribution >= 4 is 5.97 Å². The van der Waals surface area contributed by atoms with Crippen LogP contribution in [0.5, 0.6) is 0 Å². The van der Waals surface area contributed by atoms with Gasteiger partial charge in [-0.2, -0.15) is 0 Å². The van der Waals surface area contributed by atoms with Crippen molar-refractivity contribution in [2.24, 2.45) is 5.73 Å². The van der Waals surface area contributed by atoms with E-state index < -0.39 is 11.8 Å². The van der Waals surface area contributed by atoms with Gasteiger partial charge in [0.05, 0.1) is 5.56 Å². The molecule has 1 aromatic carbocycles. The van der Waals surface area contributed by atoms with Gasteiger partial charge in [-0.25, -0.2) is 9.18 Å². The van der Waals surface area contributed by atoms with E-state index in [-0.39, 0.29) is 11.6 Å². The number of nitrogens with two attached hydrogens (primary N) is 1. The van der Waals surface area contributed by atoms with Gasteiger partial charge in [-0.15, -0.1) is 0 Å². The second-order valence-corrected chi connectivity index (χ2v) is 3.29. The molecule has 0 aliphatic heterocycles. The first-order chi connectivity index (χ1) is 6.50. The highest BCUT2D eigenvalue weighted by molar-refractivity contribution is 5.89. The summed E-state index contributed by atoms with van der Waals surface area (Å²) in [5.74, 6) is -1.67. The number of carboxylic acid groups (broad SMARTS) is 1. The van der Waals surface area contributed by atoms with Crippen LogP contribution in [0.3, 0.4) is 0 Å². The van der Waals surface area contributed by atoms with E-state index in [9.17, 15) is 9.18 Å². The minimum Gasteiger partial charge on any atom is -0.478 e. The van der Waals surface area contributed by atoms with Crippen molar-refractivity contribution in [2.75, 3.05) is 0 Å². The molecule has 14 heavy (non-hydrogen) atoms. The number of carboxylic acids is 1. The van der Waals surface area contributed by atoms with E-state index in [0.717, 1.165) is 6.07 Å². The molecule has 3 nitrogen and oxygen atoms in total. The topological polar surface area (TPSA) is 63.3 Å². The molecule has 1 rings (SSSR count). The lowest BCUT2D eigenvalue weighted by atomic mass is 10.0. The molecule has 1 unspecified atom stereocenters. The predicted octanol–water partition coefficient (Wildman–Crippen LogP) is 1.41. The van der Waals surface area contributed by atoms with Crippen molar-refractivity contribution in [1.82, 2.24) is 0 Å². The maximum absolute atomic E-state index is 12.8. The molecule has 1 aromatic rings. The van der Waals surface area contributed by atoms with Crippen LogP contribution in [0.4, 0.5) is 4.39 Å². The van der Waals surface area contributed by atoms with Crippen molar-refractivity contribution in [1.29, 1.82) is 0 Å². The highest BCUT2D eigenvalue weighted by atomic mass is 19.1. The van der Waals surface area contributed by atoms with Crippen molar-refractivity contribution < 1.29 is 14.3 Å². The van der Waals surface area contributed by atoms with Gasteiger partial charge < -0.3 is 10.8 Å². The first kappa shape index (κ1) is 10.7. The second kappa shape index (κ2) is 4.19. The Morgan fingerprint density at radius 1 is 1.64 bits per heavy atom. The van der Waals surface area contributed by atoms with Crippen LogP contribution in [-0.4, -0.2) is 17.1 Å². The summed E-state index contributed by atoms with van der Waals surface area (Å²) in [4.78, 5) is 10.7. The minimum atomic E-state index is -1.12. The molecule has 4 heteroatoms. The van der Waals surface area contributed by atoms with Crippen LogP contribution in [0, 0.1) is 5.82 Å². The number of hydrogen-bond acceptors (Lipinski definition) is 2. The molecule has 0 aromatic heterocycles. The molecule has 76 valence electrons. The van der Waals surface area contributed by atoms with E-state index in [1.54, 1.807) is 6.92 Å².